The van der Waals surface area contributed by atoms with Gasteiger partial charge < -0.3 is 28.8 Å². The summed E-state index contributed by atoms with van der Waals surface area (Å²) < 4.78 is 29.9. The van der Waals surface area contributed by atoms with Crippen LogP contribution in [-0.2, 0) is 48.3 Å². The van der Waals surface area contributed by atoms with Gasteiger partial charge in [0.15, 0.2) is 6.29 Å². The standard InChI is InChI=1S/C29H32O7/c1-21(30)32-20-25-26(33-17-22-11-5-2-6-12-22)27(34-18-23-13-7-3-8-14-23)28(29(31)36-25)35-19-24-15-9-4-10-16-24/h2-16,25-29,31H,17-20H2,1H3/t25?,26-,27-,28?,29?/m0/s1. The molecule has 1 saturated heterocycles. The predicted octanol–water partition coefficient (Wildman–Crippen LogP) is 4.02. The minimum atomic E-state index is -1.30. The normalized spacial score (nSPS) is 23.8. The van der Waals surface area contributed by atoms with E-state index in [-0.39, 0.29) is 26.4 Å². The lowest BCUT2D eigenvalue weighted by atomic mass is 9.98. The fourth-order valence-electron chi connectivity index (χ4n) is 4.10. The Balaban J connectivity index is 1.57. The van der Waals surface area contributed by atoms with Crippen molar-refractivity contribution in [2.24, 2.45) is 0 Å². The van der Waals surface area contributed by atoms with E-state index in [0.717, 1.165) is 16.7 Å². The Morgan fingerprint density at radius 3 is 1.56 bits per heavy atom. The van der Waals surface area contributed by atoms with Crippen LogP contribution in [0.25, 0.3) is 0 Å². The van der Waals surface area contributed by atoms with Crippen LogP contribution in [0.5, 0.6) is 0 Å². The highest BCUT2D eigenvalue weighted by Crippen LogP contribution is 2.30. The first kappa shape index (κ1) is 26.0. The molecular formula is C29H32O7. The number of aliphatic hydroxyl groups is 1. The maximum absolute atomic E-state index is 11.5. The molecule has 1 fully saturated rings. The fraction of sp³-hybridized carbons (Fsp3) is 0.345. The van der Waals surface area contributed by atoms with Crippen molar-refractivity contribution < 1.29 is 33.6 Å². The van der Waals surface area contributed by atoms with Gasteiger partial charge in [-0.3, -0.25) is 4.79 Å². The molecule has 3 aromatic rings. The minimum absolute atomic E-state index is 0.0809. The molecule has 3 aromatic carbocycles. The van der Waals surface area contributed by atoms with E-state index in [1.165, 1.54) is 6.92 Å². The van der Waals surface area contributed by atoms with Crippen molar-refractivity contribution in [1.82, 2.24) is 0 Å². The maximum Gasteiger partial charge on any atom is 0.302 e. The second kappa shape index (κ2) is 13.3. The van der Waals surface area contributed by atoms with E-state index >= 15 is 0 Å². The minimum Gasteiger partial charge on any atom is -0.463 e. The number of benzene rings is 3. The number of carbonyl (C=O) groups excluding carboxylic acids is 1. The van der Waals surface area contributed by atoms with Crippen molar-refractivity contribution in [2.45, 2.75) is 57.5 Å². The van der Waals surface area contributed by atoms with Gasteiger partial charge in [0, 0.05) is 6.92 Å². The molecule has 7 heteroatoms. The Morgan fingerprint density at radius 1 is 0.694 bits per heavy atom. The molecule has 0 spiro atoms. The lowest BCUT2D eigenvalue weighted by molar-refractivity contribution is -0.315. The van der Waals surface area contributed by atoms with Crippen LogP contribution < -0.4 is 0 Å². The van der Waals surface area contributed by atoms with Crippen LogP contribution in [-0.4, -0.2) is 48.4 Å². The van der Waals surface area contributed by atoms with Crippen LogP contribution in [0.1, 0.15) is 23.6 Å². The second-order valence-corrected chi connectivity index (χ2v) is 8.65. The summed E-state index contributed by atoms with van der Waals surface area (Å²) in [6.45, 7) is 2.08. The summed E-state index contributed by atoms with van der Waals surface area (Å²) in [6.07, 6.45) is -4.24. The molecule has 0 bridgehead atoms. The molecule has 0 aliphatic carbocycles. The zero-order valence-corrected chi connectivity index (χ0v) is 20.3. The van der Waals surface area contributed by atoms with Gasteiger partial charge >= 0.3 is 5.97 Å². The Hall–Kier alpha value is -3.07. The molecular weight excluding hydrogens is 460 g/mol. The van der Waals surface area contributed by atoms with Crippen molar-refractivity contribution in [3.63, 3.8) is 0 Å². The van der Waals surface area contributed by atoms with Gasteiger partial charge in [-0.2, -0.15) is 0 Å². The molecule has 1 aliphatic rings. The monoisotopic (exact) mass is 492 g/mol. The van der Waals surface area contributed by atoms with E-state index in [1.807, 2.05) is 91.0 Å². The van der Waals surface area contributed by atoms with Crippen molar-refractivity contribution in [1.29, 1.82) is 0 Å². The third kappa shape index (κ3) is 7.46. The number of hydrogen-bond acceptors (Lipinski definition) is 7. The molecule has 7 nitrogen and oxygen atoms in total. The van der Waals surface area contributed by atoms with Gasteiger partial charge in [0.1, 0.15) is 31.0 Å². The van der Waals surface area contributed by atoms with Gasteiger partial charge in [-0.05, 0) is 16.7 Å². The summed E-state index contributed by atoms with van der Waals surface area (Å²) in [7, 11) is 0. The summed E-state index contributed by atoms with van der Waals surface area (Å²) in [6, 6.07) is 29.2. The summed E-state index contributed by atoms with van der Waals surface area (Å²) in [5.74, 6) is -0.445. The molecule has 0 aromatic heterocycles. The van der Waals surface area contributed by atoms with Gasteiger partial charge in [0.05, 0.1) is 19.8 Å². The van der Waals surface area contributed by atoms with Crippen LogP contribution >= 0.6 is 0 Å². The molecule has 0 radical (unpaired) electrons. The van der Waals surface area contributed by atoms with Crippen LogP contribution in [0.4, 0.5) is 0 Å². The van der Waals surface area contributed by atoms with Crippen LogP contribution in [0.15, 0.2) is 91.0 Å². The third-order valence-electron chi connectivity index (χ3n) is 5.92. The lowest BCUT2D eigenvalue weighted by Crippen LogP contribution is -2.61. The molecule has 4 rings (SSSR count). The summed E-state index contributed by atoms with van der Waals surface area (Å²) in [5, 5.41) is 10.9. The molecule has 0 amide bonds. The number of carbonyl (C=O) groups is 1. The Labute approximate surface area is 211 Å². The highest BCUT2D eigenvalue weighted by Gasteiger charge is 2.48. The molecule has 190 valence electrons. The number of rotatable bonds is 11. The van der Waals surface area contributed by atoms with E-state index in [0.29, 0.717) is 0 Å². The molecule has 1 N–H and O–H groups in total. The number of hydrogen-bond donors (Lipinski definition) is 1. The summed E-state index contributed by atoms with van der Waals surface area (Å²) in [4.78, 5) is 11.5. The Kier molecular flexibility index (Phi) is 9.61. The van der Waals surface area contributed by atoms with Gasteiger partial charge in [-0.1, -0.05) is 91.0 Å². The number of esters is 1. The highest BCUT2D eigenvalue weighted by molar-refractivity contribution is 5.65. The smallest absolute Gasteiger partial charge is 0.302 e. The SMILES string of the molecule is CC(=O)OCC1OC(O)C(OCc2ccccc2)[C@@H](OCc2ccccc2)[C@H]1OCc1ccccc1. The summed E-state index contributed by atoms with van der Waals surface area (Å²) >= 11 is 0. The first-order valence-corrected chi connectivity index (χ1v) is 12.0. The average molecular weight is 493 g/mol. The number of aliphatic hydroxyl groups excluding tert-OH is 1. The van der Waals surface area contributed by atoms with E-state index in [1.54, 1.807) is 0 Å². The zero-order valence-electron chi connectivity index (χ0n) is 20.3. The molecule has 5 atom stereocenters. The third-order valence-corrected chi connectivity index (χ3v) is 5.92. The summed E-state index contributed by atoms with van der Waals surface area (Å²) in [5.41, 5.74) is 2.90. The average Bonchev–Trinajstić information content (AvgIpc) is 2.91. The Morgan fingerprint density at radius 2 is 1.11 bits per heavy atom. The van der Waals surface area contributed by atoms with Crippen molar-refractivity contribution >= 4 is 5.97 Å². The number of ether oxygens (including phenoxy) is 5. The van der Waals surface area contributed by atoms with Gasteiger partial charge in [-0.25, -0.2) is 0 Å². The molecule has 1 heterocycles. The van der Waals surface area contributed by atoms with Gasteiger partial charge in [0.25, 0.3) is 0 Å². The van der Waals surface area contributed by atoms with E-state index < -0.39 is 36.7 Å². The second-order valence-electron chi connectivity index (χ2n) is 8.65. The lowest BCUT2D eigenvalue weighted by Gasteiger charge is -2.44. The van der Waals surface area contributed by atoms with Gasteiger partial charge in [-0.15, -0.1) is 0 Å². The molecule has 0 saturated carbocycles. The molecule has 1 aliphatic heterocycles. The maximum atomic E-state index is 11.5. The topological polar surface area (TPSA) is 83.5 Å². The van der Waals surface area contributed by atoms with Crippen molar-refractivity contribution in [2.75, 3.05) is 6.61 Å². The molecule has 3 unspecified atom stereocenters. The Bertz CT molecular complexity index is 1040. The first-order valence-electron chi connectivity index (χ1n) is 12.0. The highest BCUT2D eigenvalue weighted by atomic mass is 16.7. The van der Waals surface area contributed by atoms with Crippen LogP contribution in [0.3, 0.4) is 0 Å². The first-order chi connectivity index (χ1) is 17.6. The van der Waals surface area contributed by atoms with E-state index in [2.05, 4.69) is 0 Å². The van der Waals surface area contributed by atoms with Crippen molar-refractivity contribution in [3.8, 4) is 0 Å². The van der Waals surface area contributed by atoms with E-state index in [9.17, 15) is 9.90 Å². The fourth-order valence-corrected chi connectivity index (χ4v) is 4.10. The van der Waals surface area contributed by atoms with E-state index in [4.69, 9.17) is 23.7 Å². The quantitative estimate of drug-likeness (QED) is 0.405. The zero-order chi connectivity index (χ0) is 25.2. The van der Waals surface area contributed by atoms with Gasteiger partial charge in [0.2, 0.25) is 0 Å². The van der Waals surface area contributed by atoms with Crippen LogP contribution in [0, 0.1) is 0 Å². The van der Waals surface area contributed by atoms with Crippen molar-refractivity contribution in [3.05, 3.63) is 108 Å². The van der Waals surface area contributed by atoms with Crippen LogP contribution in [0.2, 0.25) is 0 Å². The predicted molar refractivity (Wildman–Crippen MR) is 133 cm³/mol. The largest absolute Gasteiger partial charge is 0.463 e. The molecule has 36 heavy (non-hydrogen) atoms.